The lowest BCUT2D eigenvalue weighted by molar-refractivity contribution is -0.146. The zero-order valence-corrected chi connectivity index (χ0v) is 17.9. The number of esters is 1. The summed E-state index contributed by atoms with van der Waals surface area (Å²) in [5.74, 6) is -2.74. The number of hydrogen-bond donors (Lipinski definition) is 0. The lowest BCUT2D eigenvalue weighted by Gasteiger charge is -2.24. The number of halogens is 2. The number of fused-ring (bicyclic) bond motifs is 1. The van der Waals surface area contributed by atoms with Crippen molar-refractivity contribution in [2.45, 2.75) is 58.0 Å². The highest BCUT2D eigenvalue weighted by molar-refractivity contribution is 5.79. The van der Waals surface area contributed by atoms with E-state index in [4.69, 9.17) is 4.74 Å². The molecule has 10 heteroatoms. The molecule has 1 saturated carbocycles. The van der Waals surface area contributed by atoms with Crippen molar-refractivity contribution in [3.63, 3.8) is 0 Å². The smallest absolute Gasteiger partial charge is 0.337 e. The zero-order chi connectivity index (χ0) is 23.0. The molecule has 0 spiro atoms. The molecule has 8 nitrogen and oxygen atoms in total. The standard InChI is InChI=1S/C22H24F2N4O4/c1-3-32-21(30)13(2)26-12-25-19-18(26)20(29)28(14-7-5-4-6-8-14)22(31)27(19)15-9-10-16(23)17(24)11-15/h9-14H,3-8H2,1-2H3. The first-order valence-corrected chi connectivity index (χ1v) is 10.7. The average Bonchev–Trinajstić information content (AvgIpc) is 3.21. The molecule has 32 heavy (non-hydrogen) atoms. The highest BCUT2D eigenvalue weighted by atomic mass is 19.2. The van der Waals surface area contributed by atoms with Gasteiger partial charge in [-0.2, -0.15) is 0 Å². The van der Waals surface area contributed by atoms with E-state index in [-0.39, 0.29) is 29.5 Å². The SMILES string of the molecule is CCOC(=O)C(C)n1cnc2c1c(=O)n(C1CCCCC1)c(=O)n2-c1ccc(F)c(F)c1. The maximum Gasteiger partial charge on any atom is 0.337 e. The van der Waals surface area contributed by atoms with Crippen LogP contribution in [-0.2, 0) is 9.53 Å². The molecule has 4 rings (SSSR count). The molecule has 0 bridgehead atoms. The third kappa shape index (κ3) is 3.63. The van der Waals surface area contributed by atoms with Gasteiger partial charge in [0.05, 0.1) is 18.6 Å². The van der Waals surface area contributed by atoms with Crippen LogP contribution >= 0.6 is 0 Å². The van der Waals surface area contributed by atoms with Gasteiger partial charge >= 0.3 is 11.7 Å². The van der Waals surface area contributed by atoms with Crippen molar-refractivity contribution >= 4 is 17.1 Å². The number of imidazole rings is 1. The number of carbonyl (C=O) groups is 1. The fourth-order valence-electron chi connectivity index (χ4n) is 4.31. The first-order valence-electron chi connectivity index (χ1n) is 10.7. The Labute approximate surface area is 182 Å². The number of ether oxygens (including phenoxy) is 1. The second-order valence-corrected chi connectivity index (χ2v) is 7.94. The van der Waals surface area contributed by atoms with Gasteiger partial charge in [-0.15, -0.1) is 0 Å². The van der Waals surface area contributed by atoms with E-state index in [9.17, 15) is 23.2 Å². The highest BCUT2D eigenvalue weighted by Crippen LogP contribution is 2.27. The van der Waals surface area contributed by atoms with Crippen LogP contribution in [0.15, 0.2) is 34.1 Å². The molecular weight excluding hydrogens is 422 g/mol. The summed E-state index contributed by atoms with van der Waals surface area (Å²) < 4.78 is 36.3. The van der Waals surface area contributed by atoms with Gasteiger partial charge in [-0.3, -0.25) is 9.36 Å². The third-order valence-corrected chi connectivity index (χ3v) is 5.95. The number of aromatic nitrogens is 4. The van der Waals surface area contributed by atoms with Crippen molar-refractivity contribution in [1.29, 1.82) is 0 Å². The largest absolute Gasteiger partial charge is 0.464 e. The molecule has 1 fully saturated rings. The van der Waals surface area contributed by atoms with Crippen LogP contribution in [0.3, 0.4) is 0 Å². The number of benzene rings is 1. The van der Waals surface area contributed by atoms with Crippen molar-refractivity contribution < 1.29 is 18.3 Å². The molecule has 0 saturated heterocycles. The van der Waals surface area contributed by atoms with Crippen molar-refractivity contribution in [3.05, 3.63) is 57.0 Å². The van der Waals surface area contributed by atoms with E-state index in [0.717, 1.165) is 36.0 Å². The summed E-state index contributed by atoms with van der Waals surface area (Å²) in [4.78, 5) is 43.6. The van der Waals surface area contributed by atoms with Gasteiger partial charge in [0.1, 0.15) is 6.04 Å². The van der Waals surface area contributed by atoms with Crippen molar-refractivity contribution in [2.24, 2.45) is 0 Å². The minimum Gasteiger partial charge on any atom is -0.464 e. The van der Waals surface area contributed by atoms with Crippen molar-refractivity contribution in [2.75, 3.05) is 6.61 Å². The highest BCUT2D eigenvalue weighted by Gasteiger charge is 2.28. The van der Waals surface area contributed by atoms with Gasteiger partial charge in [0.15, 0.2) is 22.8 Å². The van der Waals surface area contributed by atoms with Crippen LogP contribution < -0.4 is 11.2 Å². The van der Waals surface area contributed by atoms with Crippen molar-refractivity contribution in [3.8, 4) is 5.69 Å². The first-order chi connectivity index (χ1) is 15.3. The van der Waals surface area contributed by atoms with Gasteiger partial charge in [-0.05, 0) is 38.8 Å². The van der Waals surface area contributed by atoms with E-state index in [0.29, 0.717) is 12.8 Å². The molecule has 2 heterocycles. The van der Waals surface area contributed by atoms with Crippen molar-refractivity contribution in [1.82, 2.24) is 18.7 Å². The minimum absolute atomic E-state index is 0.0282. The zero-order valence-electron chi connectivity index (χ0n) is 17.9. The number of hydrogen-bond acceptors (Lipinski definition) is 5. The molecule has 1 atom stereocenters. The maximum absolute atomic E-state index is 14.0. The molecule has 1 unspecified atom stereocenters. The normalized spacial score (nSPS) is 15.8. The van der Waals surface area contributed by atoms with Crippen LogP contribution in [0.2, 0.25) is 0 Å². The summed E-state index contributed by atoms with van der Waals surface area (Å²) in [6.07, 6.45) is 5.36. The fourth-order valence-corrected chi connectivity index (χ4v) is 4.31. The Hall–Kier alpha value is -3.30. The quantitative estimate of drug-likeness (QED) is 0.562. The molecular formula is C22H24F2N4O4. The predicted octanol–water partition coefficient (Wildman–Crippen LogP) is 3.26. The Bertz CT molecular complexity index is 1290. The van der Waals surface area contributed by atoms with E-state index in [1.165, 1.54) is 21.5 Å². The Morgan fingerprint density at radius 3 is 2.56 bits per heavy atom. The van der Waals surface area contributed by atoms with Gasteiger partial charge in [-0.25, -0.2) is 27.9 Å². The summed E-state index contributed by atoms with van der Waals surface area (Å²) >= 11 is 0. The van der Waals surface area contributed by atoms with E-state index in [2.05, 4.69) is 4.98 Å². The molecule has 1 aliphatic carbocycles. The monoisotopic (exact) mass is 446 g/mol. The van der Waals surface area contributed by atoms with Gasteiger partial charge in [0, 0.05) is 12.1 Å². The summed E-state index contributed by atoms with van der Waals surface area (Å²) in [5.41, 5.74) is -1.20. The van der Waals surface area contributed by atoms with E-state index >= 15 is 0 Å². The van der Waals surface area contributed by atoms with E-state index in [1.807, 2.05) is 0 Å². The molecule has 170 valence electrons. The second-order valence-electron chi connectivity index (χ2n) is 7.94. The van der Waals surface area contributed by atoms with Gasteiger partial charge in [0.25, 0.3) is 5.56 Å². The summed E-state index contributed by atoms with van der Waals surface area (Å²) in [6, 6.07) is 1.86. The summed E-state index contributed by atoms with van der Waals surface area (Å²) in [7, 11) is 0. The fraction of sp³-hybridized carbons (Fsp3) is 0.455. The molecule has 3 aromatic rings. The lowest BCUT2D eigenvalue weighted by Crippen LogP contribution is -2.43. The Balaban J connectivity index is 2.03. The molecule has 1 aliphatic rings. The number of rotatable bonds is 5. The molecule has 0 N–H and O–H groups in total. The summed E-state index contributed by atoms with van der Waals surface area (Å²) in [6.45, 7) is 3.41. The Kier molecular flexibility index (Phi) is 5.94. The van der Waals surface area contributed by atoms with Crippen LogP contribution in [0.1, 0.15) is 58.0 Å². The number of carbonyl (C=O) groups excluding carboxylic acids is 1. The first kappa shape index (κ1) is 21.9. The van der Waals surface area contributed by atoms with Crippen LogP contribution in [-0.4, -0.2) is 31.3 Å². The Morgan fingerprint density at radius 2 is 1.91 bits per heavy atom. The molecule has 0 aliphatic heterocycles. The Morgan fingerprint density at radius 1 is 1.19 bits per heavy atom. The van der Waals surface area contributed by atoms with Crippen LogP contribution in [0, 0.1) is 11.6 Å². The average molecular weight is 446 g/mol. The minimum atomic E-state index is -1.13. The second kappa shape index (κ2) is 8.68. The topological polar surface area (TPSA) is 88.1 Å². The lowest BCUT2D eigenvalue weighted by atomic mass is 9.95. The third-order valence-electron chi connectivity index (χ3n) is 5.95. The molecule has 0 radical (unpaired) electrons. The summed E-state index contributed by atoms with van der Waals surface area (Å²) in [5, 5.41) is 0. The van der Waals surface area contributed by atoms with E-state index in [1.54, 1.807) is 13.8 Å². The predicted molar refractivity (Wildman–Crippen MR) is 113 cm³/mol. The molecule has 2 aromatic heterocycles. The van der Waals surface area contributed by atoms with E-state index < -0.39 is 34.9 Å². The maximum atomic E-state index is 14.0. The van der Waals surface area contributed by atoms with Crippen LogP contribution in [0.5, 0.6) is 0 Å². The van der Waals surface area contributed by atoms with Gasteiger partial charge < -0.3 is 9.30 Å². The molecule has 0 amide bonds. The van der Waals surface area contributed by atoms with Crippen LogP contribution in [0.25, 0.3) is 16.9 Å². The molecule has 1 aromatic carbocycles. The van der Waals surface area contributed by atoms with Gasteiger partial charge in [0.2, 0.25) is 0 Å². The van der Waals surface area contributed by atoms with Gasteiger partial charge in [-0.1, -0.05) is 19.3 Å². The number of nitrogens with zero attached hydrogens (tertiary/aromatic N) is 4. The van der Waals surface area contributed by atoms with Crippen LogP contribution in [0.4, 0.5) is 8.78 Å².